The summed E-state index contributed by atoms with van der Waals surface area (Å²) in [5.74, 6) is 1.01. The number of rotatable bonds is 4. The molecule has 0 aromatic carbocycles. The van der Waals surface area contributed by atoms with E-state index in [0.29, 0.717) is 22.9 Å². The minimum atomic E-state index is -0.149. The summed E-state index contributed by atoms with van der Waals surface area (Å²) >= 11 is 1.39. The minimum Gasteiger partial charge on any atom is -0.378 e. The Balaban J connectivity index is 1.71. The van der Waals surface area contributed by atoms with Gasteiger partial charge in [0.15, 0.2) is 0 Å². The Hall–Kier alpha value is -1.47. The number of ether oxygens (including phenoxy) is 1. The first-order chi connectivity index (χ1) is 9.65. The highest BCUT2D eigenvalue weighted by molar-refractivity contribution is 7.20. The second-order valence-electron chi connectivity index (χ2n) is 5.39. The van der Waals surface area contributed by atoms with E-state index in [0.717, 1.165) is 24.7 Å². The van der Waals surface area contributed by atoms with Crippen LogP contribution in [0.3, 0.4) is 0 Å². The van der Waals surface area contributed by atoms with Crippen LogP contribution in [-0.4, -0.2) is 33.9 Å². The van der Waals surface area contributed by atoms with Crippen molar-refractivity contribution < 1.29 is 4.74 Å². The summed E-state index contributed by atoms with van der Waals surface area (Å²) in [7, 11) is 0. The van der Waals surface area contributed by atoms with Crippen molar-refractivity contribution in [2.75, 3.05) is 18.5 Å². The smallest absolute Gasteiger partial charge is 0.275 e. The van der Waals surface area contributed by atoms with Gasteiger partial charge in [-0.2, -0.15) is 4.52 Å². The van der Waals surface area contributed by atoms with Gasteiger partial charge in [-0.25, -0.2) is 4.98 Å². The maximum Gasteiger partial charge on any atom is 0.275 e. The highest BCUT2D eigenvalue weighted by atomic mass is 32.1. The Morgan fingerprint density at radius 3 is 3.20 bits per heavy atom. The molecule has 2 aromatic heterocycles. The molecule has 1 aliphatic heterocycles. The zero-order valence-corrected chi connectivity index (χ0v) is 12.4. The lowest BCUT2D eigenvalue weighted by atomic mass is 9.93. The molecule has 3 rings (SSSR count). The van der Waals surface area contributed by atoms with Crippen molar-refractivity contribution in [1.82, 2.24) is 14.6 Å². The van der Waals surface area contributed by atoms with E-state index in [2.05, 4.69) is 29.2 Å². The predicted molar refractivity (Wildman–Crippen MR) is 78.3 cm³/mol. The molecule has 1 saturated heterocycles. The van der Waals surface area contributed by atoms with Crippen LogP contribution in [0.2, 0.25) is 0 Å². The van der Waals surface area contributed by atoms with E-state index in [-0.39, 0.29) is 5.56 Å². The first-order valence-corrected chi connectivity index (χ1v) is 7.67. The molecule has 3 heterocycles. The van der Waals surface area contributed by atoms with Crippen molar-refractivity contribution in [2.24, 2.45) is 11.8 Å². The quantitative estimate of drug-likeness (QED) is 0.928. The molecule has 0 spiro atoms. The van der Waals surface area contributed by atoms with E-state index in [1.165, 1.54) is 28.1 Å². The lowest BCUT2D eigenvalue weighted by molar-refractivity contribution is 0.0566. The SMILES string of the molecule is CC(C)[C@H]1OCC[C@@H]1CNc1nn2c(=O)ccnc2s1. The van der Waals surface area contributed by atoms with Crippen LogP contribution in [0.25, 0.3) is 4.96 Å². The molecule has 0 amide bonds. The average molecular weight is 294 g/mol. The average Bonchev–Trinajstić information content (AvgIpc) is 3.03. The van der Waals surface area contributed by atoms with Crippen LogP contribution >= 0.6 is 11.3 Å². The Bertz CT molecular complexity index is 651. The number of anilines is 1. The Morgan fingerprint density at radius 1 is 1.60 bits per heavy atom. The van der Waals surface area contributed by atoms with Crippen LogP contribution in [0.5, 0.6) is 0 Å². The van der Waals surface area contributed by atoms with Gasteiger partial charge in [0.25, 0.3) is 5.56 Å². The first-order valence-electron chi connectivity index (χ1n) is 6.85. The predicted octanol–water partition coefficient (Wildman–Crippen LogP) is 1.62. The lowest BCUT2D eigenvalue weighted by Gasteiger charge is -2.21. The zero-order valence-electron chi connectivity index (χ0n) is 11.6. The molecule has 0 aliphatic carbocycles. The summed E-state index contributed by atoms with van der Waals surface area (Å²) in [4.78, 5) is 16.4. The van der Waals surface area contributed by atoms with Crippen molar-refractivity contribution in [3.63, 3.8) is 0 Å². The molecule has 2 aromatic rings. The number of hydrogen-bond acceptors (Lipinski definition) is 6. The number of aromatic nitrogens is 3. The number of nitrogens with one attached hydrogen (secondary N) is 1. The molecule has 7 heteroatoms. The van der Waals surface area contributed by atoms with Crippen molar-refractivity contribution in [3.8, 4) is 0 Å². The molecule has 6 nitrogen and oxygen atoms in total. The third-order valence-corrected chi connectivity index (χ3v) is 4.49. The van der Waals surface area contributed by atoms with Crippen LogP contribution in [0.15, 0.2) is 17.1 Å². The van der Waals surface area contributed by atoms with Crippen molar-refractivity contribution in [2.45, 2.75) is 26.4 Å². The van der Waals surface area contributed by atoms with Crippen molar-refractivity contribution in [1.29, 1.82) is 0 Å². The normalized spacial score (nSPS) is 22.8. The molecule has 20 heavy (non-hydrogen) atoms. The number of fused-ring (bicyclic) bond motifs is 1. The van der Waals surface area contributed by atoms with Crippen LogP contribution in [0.1, 0.15) is 20.3 Å². The molecule has 0 saturated carbocycles. The van der Waals surface area contributed by atoms with Crippen molar-refractivity contribution in [3.05, 3.63) is 22.6 Å². The maximum atomic E-state index is 11.6. The molecular formula is C13H18N4O2S. The second-order valence-corrected chi connectivity index (χ2v) is 6.35. The Morgan fingerprint density at radius 2 is 2.45 bits per heavy atom. The van der Waals surface area contributed by atoms with Crippen molar-refractivity contribution >= 4 is 21.4 Å². The summed E-state index contributed by atoms with van der Waals surface area (Å²) in [6, 6.07) is 1.41. The van der Waals surface area contributed by atoms with E-state index in [4.69, 9.17) is 4.74 Å². The topological polar surface area (TPSA) is 68.5 Å². The maximum absolute atomic E-state index is 11.6. The molecule has 1 aliphatic rings. The van der Waals surface area contributed by atoms with Gasteiger partial charge < -0.3 is 10.1 Å². The fraction of sp³-hybridized carbons (Fsp3) is 0.615. The van der Waals surface area contributed by atoms with Crippen LogP contribution in [-0.2, 0) is 4.74 Å². The molecule has 0 bridgehead atoms. The molecule has 2 atom stereocenters. The van der Waals surface area contributed by atoms with Gasteiger partial charge in [0.1, 0.15) is 0 Å². The van der Waals surface area contributed by atoms with Crippen LogP contribution < -0.4 is 10.9 Å². The van der Waals surface area contributed by atoms with Gasteiger partial charge in [0.05, 0.1) is 6.10 Å². The highest BCUT2D eigenvalue weighted by Crippen LogP contribution is 2.27. The molecule has 0 radical (unpaired) electrons. The van der Waals surface area contributed by atoms with Gasteiger partial charge >= 0.3 is 0 Å². The molecule has 0 unspecified atom stereocenters. The Labute approximate surface area is 120 Å². The van der Waals surface area contributed by atoms with Crippen LogP contribution in [0, 0.1) is 11.8 Å². The standard InChI is InChI=1S/C13H18N4O2S/c1-8(2)11-9(4-6-19-11)7-15-12-16-17-10(18)3-5-14-13(17)20-12/h3,5,8-9,11H,4,6-7H2,1-2H3,(H,15,16)/t9-,11-/m1/s1. The van der Waals surface area contributed by atoms with E-state index < -0.39 is 0 Å². The minimum absolute atomic E-state index is 0.149. The summed E-state index contributed by atoms with van der Waals surface area (Å²) in [6.45, 7) is 6.02. The highest BCUT2D eigenvalue weighted by Gasteiger charge is 2.30. The molecule has 1 N–H and O–H groups in total. The summed E-state index contributed by atoms with van der Waals surface area (Å²) in [6.07, 6.45) is 2.88. The number of hydrogen-bond donors (Lipinski definition) is 1. The lowest BCUT2D eigenvalue weighted by Crippen LogP contribution is -2.27. The van der Waals surface area contributed by atoms with E-state index in [9.17, 15) is 4.79 Å². The summed E-state index contributed by atoms with van der Waals surface area (Å²) in [5, 5.41) is 8.30. The monoisotopic (exact) mass is 294 g/mol. The van der Waals surface area contributed by atoms with Gasteiger partial charge in [0, 0.05) is 31.3 Å². The first kappa shape index (κ1) is 13.5. The van der Waals surface area contributed by atoms with E-state index in [1.807, 2.05) is 0 Å². The summed E-state index contributed by atoms with van der Waals surface area (Å²) in [5.41, 5.74) is -0.149. The fourth-order valence-corrected chi connectivity index (χ4v) is 3.43. The third kappa shape index (κ3) is 2.55. The third-order valence-electron chi connectivity index (χ3n) is 3.61. The van der Waals surface area contributed by atoms with Gasteiger partial charge in [-0.1, -0.05) is 25.2 Å². The van der Waals surface area contributed by atoms with E-state index in [1.54, 1.807) is 0 Å². The molecule has 1 fully saturated rings. The van der Waals surface area contributed by atoms with Gasteiger partial charge in [-0.05, 0) is 12.3 Å². The van der Waals surface area contributed by atoms with Gasteiger partial charge in [-0.15, -0.1) is 5.10 Å². The zero-order chi connectivity index (χ0) is 14.1. The van der Waals surface area contributed by atoms with Crippen LogP contribution in [0.4, 0.5) is 5.13 Å². The molecular weight excluding hydrogens is 276 g/mol. The molecule has 108 valence electrons. The van der Waals surface area contributed by atoms with E-state index >= 15 is 0 Å². The Kier molecular flexibility index (Phi) is 3.71. The summed E-state index contributed by atoms with van der Waals surface area (Å²) < 4.78 is 7.10. The van der Waals surface area contributed by atoms with Gasteiger partial charge in [-0.3, -0.25) is 4.79 Å². The van der Waals surface area contributed by atoms with Gasteiger partial charge in [0.2, 0.25) is 10.1 Å². The largest absolute Gasteiger partial charge is 0.378 e. The number of nitrogens with zero attached hydrogens (tertiary/aromatic N) is 3. The fourth-order valence-electron chi connectivity index (χ4n) is 2.64. The second kappa shape index (κ2) is 5.49.